The summed E-state index contributed by atoms with van der Waals surface area (Å²) in [6.07, 6.45) is 2.47. The third-order valence-corrected chi connectivity index (χ3v) is 5.48. The molecule has 0 bridgehead atoms. The first-order chi connectivity index (χ1) is 11.7. The summed E-state index contributed by atoms with van der Waals surface area (Å²) in [5, 5.41) is 4.44. The monoisotopic (exact) mass is 361 g/mol. The number of nitrogens with two attached hydrogens (primary N) is 1. The van der Waals surface area contributed by atoms with E-state index in [1.165, 1.54) is 16.4 Å². The lowest BCUT2D eigenvalue weighted by Gasteiger charge is -2.02. The third kappa shape index (κ3) is 3.79. The number of methoxy groups -OCH3 is 1. The van der Waals surface area contributed by atoms with Gasteiger partial charge < -0.3 is 20.2 Å². The van der Waals surface area contributed by atoms with Crippen molar-refractivity contribution in [1.82, 2.24) is 4.37 Å². The number of anilines is 1. The molecule has 1 atom stereocenters. The molecule has 126 valence electrons. The highest BCUT2D eigenvalue weighted by Gasteiger charge is 2.18. The second kappa shape index (κ2) is 7.81. The minimum Gasteiger partial charge on any atom is -0.467 e. The van der Waals surface area contributed by atoms with Gasteiger partial charge in [-0.25, -0.2) is 0 Å². The second-order valence-electron chi connectivity index (χ2n) is 5.44. The van der Waals surface area contributed by atoms with E-state index in [1.54, 1.807) is 24.7 Å². The quantitative estimate of drug-likeness (QED) is 0.658. The number of furan rings is 1. The Bertz CT molecular complexity index is 854. The van der Waals surface area contributed by atoms with Gasteiger partial charge in [-0.2, -0.15) is 4.37 Å². The summed E-state index contributed by atoms with van der Waals surface area (Å²) < 4.78 is 16.1. The van der Waals surface area contributed by atoms with Gasteiger partial charge in [0.2, 0.25) is 0 Å². The zero-order valence-corrected chi connectivity index (χ0v) is 15.2. The number of nitrogens with one attached hydrogen (secondary N) is 1. The number of hydrogen-bond acceptors (Lipinski definition) is 7. The van der Waals surface area contributed by atoms with Crippen molar-refractivity contribution in [1.29, 1.82) is 0 Å². The van der Waals surface area contributed by atoms with Gasteiger partial charge in [0, 0.05) is 18.0 Å². The molecule has 3 N–H and O–H groups in total. The number of thiophene rings is 1. The molecule has 0 aromatic carbocycles. The van der Waals surface area contributed by atoms with Gasteiger partial charge in [-0.15, -0.1) is 11.3 Å². The van der Waals surface area contributed by atoms with Crippen molar-refractivity contribution >= 4 is 38.1 Å². The number of rotatable bonds is 6. The third-order valence-electron chi connectivity index (χ3n) is 3.33. The zero-order valence-electron chi connectivity index (χ0n) is 13.6. The summed E-state index contributed by atoms with van der Waals surface area (Å²) in [5.74, 6) is 7.13. The van der Waals surface area contributed by atoms with Crippen LogP contribution in [-0.2, 0) is 17.7 Å². The van der Waals surface area contributed by atoms with Crippen LogP contribution in [0.15, 0.2) is 22.8 Å². The van der Waals surface area contributed by atoms with Crippen molar-refractivity contribution in [2.45, 2.75) is 25.9 Å². The van der Waals surface area contributed by atoms with E-state index in [4.69, 9.17) is 14.9 Å². The molecule has 0 aliphatic heterocycles. The number of aromatic nitrogens is 1. The molecule has 0 saturated heterocycles. The van der Waals surface area contributed by atoms with E-state index in [2.05, 4.69) is 21.5 Å². The lowest BCUT2D eigenvalue weighted by molar-refractivity contribution is 0.240. The maximum absolute atomic E-state index is 5.99. The predicted molar refractivity (Wildman–Crippen MR) is 99.6 cm³/mol. The highest BCUT2D eigenvalue weighted by Crippen LogP contribution is 2.39. The van der Waals surface area contributed by atoms with Crippen LogP contribution < -0.4 is 11.1 Å². The molecule has 5 nitrogen and oxygen atoms in total. The van der Waals surface area contributed by atoms with E-state index in [0.717, 1.165) is 33.0 Å². The van der Waals surface area contributed by atoms with Crippen LogP contribution in [0, 0.1) is 11.8 Å². The number of nitrogens with zero attached hydrogens (tertiary/aromatic N) is 1. The van der Waals surface area contributed by atoms with Crippen molar-refractivity contribution in [3.63, 3.8) is 0 Å². The average Bonchev–Trinajstić information content (AvgIpc) is 3.24. The van der Waals surface area contributed by atoms with E-state index in [-0.39, 0.29) is 6.04 Å². The number of hydrogen-bond donors (Lipinski definition) is 2. The molecule has 24 heavy (non-hydrogen) atoms. The van der Waals surface area contributed by atoms with Gasteiger partial charge >= 0.3 is 0 Å². The van der Waals surface area contributed by atoms with E-state index in [1.807, 2.05) is 19.1 Å². The molecule has 3 heterocycles. The summed E-state index contributed by atoms with van der Waals surface area (Å²) in [6.45, 7) is 3.04. The van der Waals surface area contributed by atoms with E-state index < -0.39 is 0 Å². The summed E-state index contributed by atoms with van der Waals surface area (Å²) in [4.78, 5) is 1.18. The molecule has 3 aromatic heterocycles. The van der Waals surface area contributed by atoms with Crippen LogP contribution in [0.5, 0.6) is 0 Å². The fourth-order valence-electron chi connectivity index (χ4n) is 2.30. The van der Waals surface area contributed by atoms with Crippen LogP contribution in [-0.4, -0.2) is 24.1 Å². The lowest BCUT2D eigenvalue weighted by Crippen LogP contribution is -2.17. The fraction of sp³-hybridized carbons (Fsp3) is 0.353. The zero-order chi connectivity index (χ0) is 16.9. The Morgan fingerprint density at radius 2 is 2.38 bits per heavy atom. The van der Waals surface area contributed by atoms with Crippen LogP contribution in [0.2, 0.25) is 0 Å². The topological polar surface area (TPSA) is 73.3 Å². The molecule has 0 unspecified atom stereocenters. The first-order valence-electron chi connectivity index (χ1n) is 7.59. The molecule has 0 amide bonds. The Hall–Kier alpha value is -1.85. The maximum Gasteiger partial charge on any atom is 0.127 e. The van der Waals surface area contributed by atoms with Crippen LogP contribution in [0.4, 0.5) is 5.00 Å². The van der Waals surface area contributed by atoms with Crippen LogP contribution >= 0.6 is 22.9 Å². The van der Waals surface area contributed by atoms with Gasteiger partial charge in [-0.05, 0) is 37.0 Å². The first kappa shape index (κ1) is 17.0. The molecular weight excluding hydrogens is 342 g/mol. The van der Waals surface area contributed by atoms with Crippen molar-refractivity contribution in [3.8, 4) is 11.8 Å². The molecule has 7 heteroatoms. The highest BCUT2D eigenvalue weighted by molar-refractivity contribution is 7.24. The Balaban J connectivity index is 1.91. The van der Waals surface area contributed by atoms with Gasteiger partial charge in [-0.3, -0.25) is 0 Å². The average molecular weight is 361 g/mol. The molecule has 0 saturated carbocycles. The van der Waals surface area contributed by atoms with Gasteiger partial charge in [0.05, 0.1) is 23.1 Å². The maximum atomic E-state index is 5.99. The fourth-order valence-corrected chi connectivity index (χ4v) is 4.52. The van der Waals surface area contributed by atoms with Gasteiger partial charge in [0.25, 0.3) is 0 Å². The summed E-state index contributed by atoms with van der Waals surface area (Å²) in [7, 11) is 1.64. The SMILES string of the molecule is COCC#Cc1c(C[C@H](C)N)sc2c(NCc3ccco3)snc12. The number of fused-ring (bicyclic) bond motifs is 1. The van der Waals surface area contributed by atoms with Crippen molar-refractivity contribution in [2.24, 2.45) is 5.73 Å². The standard InChI is InChI=1S/C17H19N3O2S2/c1-11(18)9-14-13(6-4-7-21-2)15-16(23-14)17(24-20-15)19-10-12-5-3-8-22-12/h3,5,8,11,19H,7,9-10,18H2,1-2H3/t11-/m0/s1. The summed E-state index contributed by atoms with van der Waals surface area (Å²) in [5.41, 5.74) is 7.92. The Morgan fingerprint density at radius 3 is 3.08 bits per heavy atom. The van der Waals surface area contributed by atoms with Gasteiger partial charge in [0.15, 0.2) is 0 Å². The molecule has 0 spiro atoms. The van der Waals surface area contributed by atoms with E-state index >= 15 is 0 Å². The Labute approximate surface area is 149 Å². The van der Waals surface area contributed by atoms with Crippen molar-refractivity contribution in [2.75, 3.05) is 19.0 Å². The summed E-state index contributed by atoms with van der Waals surface area (Å²) in [6, 6.07) is 3.91. The van der Waals surface area contributed by atoms with Crippen LogP contribution in [0.25, 0.3) is 10.2 Å². The Kier molecular flexibility index (Phi) is 5.53. The van der Waals surface area contributed by atoms with Crippen LogP contribution in [0.3, 0.4) is 0 Å². The normalized spacial score (nSPS) is 12.1. The largest absolute Gasteiger partial charge is 0.467 e. The second-order valence-corrected chi connectivity index (χ2v) is 7.32. The Morgan fingerprint density at radius 1 is 1.50 bits per heavy atom. The molecule has 0 radical (unpaired) electrons. The van der Waals surface area contributed by atoms with E-state index in [0.29, 0.717) is 13.2 Å². The van der Waals surface area contributed by atoms with Gasteiger partial charge in [-0.1, -0.05) is 11.8 Å². The molecule has 0 aliphatic carbocycles. The molecule has 0 fully saturated rings. The smallest absolute Gasteiger partial charge is 0.127 e. The first-order valence-corrected chi connectivity index (χ1v) is 9.18. The molecule has 3 aromatic rings. The molecule has 3 rings (SSSR count). The van der Waals surface area contributed by atoms with Gasteiger partial charge in [0.1, 0.15) is 22.9 Å². The number of ether oxygens (including phenoxy) is 1. The lowest BCUT2D eigenvalue weighted by atomic mass is 10.1. The molecule has 0 aliphatic rings. The highest BCUT2D eigenvalue weighted by atomic mass is 32.1. The molecular formula is C17H19N3O2S2. The van der Waals surface area contributed by atoms with E-state index in [9.17, 15) is 0 Å². The minimum absolute atomic E-state index is 0.0823. The summed E-state index contributed by atoms with van der Waals surface area (Å²) >= 11 is 3.16. The van der Waals surface area contributed by atoms with Crippen molar-refractivity contribution < 1.29 is 9.15 Å². The van der Waals surface area contributed by atoms with Crippen LogP contribution in [0.1, 0.15) is 23.1 Å². The predicted octanol–water partition coefficient (Wildman–Crippen LogP) is 3.45. The minimum atomic E-state index is 0.0823. The van der Waals surface area contributed by atoms with Crippen molar-refractivity contribution in [3.05, 3.63) is 34.6 Å².